The number of carbonyl (C=O) groups is 2. The number of nitrogens with zero attached hydrogens (tertiary/aromatic N) is 2. The lowest BCUT2D eigenvalue weighted by atomic mass is 10.1. The number of fused-ring (bicyclic) bond motifs is 1. The summed E-state index contributed by atoms with van der Waals surface area (Å²) in [6.07, 6.45) is 4.45. The van der Waals surface area contributed by atoms with Crippen LogP contribution in [0.3, 0.4) is 0 Å². The minimum absolute atomic E-state index is 0.0272. The molecule has 2 amide bonds. The first-order chi connectivity index (χ1) is 14.1. The van der Waals surface area contributed by atoms with Crippen molar-refractivity contribution in [1.82, 2.24) is 15.2 Å². The van der Waals surface area contributed by atoms with E-state index < -0.39 is 0 Å². The third-order valence-corrected chi connectivity index (χ3v) is 5.70. The van der Waals surface area contributed by atoms with Crippen molar-refractivity contribution in [2.24, 2.45) is 0 Å². The second kappa shape index (κ2) is 8.11. The number of nitrogens with one attached hydrogen (secondary N) is 1. The number of benzene rings is 1. The van der Waals surface area contributed by atoms with Crippen molar-refractivity contribution in [2.75, 3.05) is 14.2 Å². The zero-order valence-corrected chi connectivity index (χ0v) is 16.7. The molecule has 2 aliphatic rings. The van der Waals surface area contributed by atoms with E-state index in [0.717, 1.165) is 18.5 Å². The highest BCUT2D eigenvalue weighted by Gasteiger charge is 2.36. The van der Waals surface area contributed by atoms with Crippen molar-refractivity contribution in [3.05, 3.63) is 52.7 Å². The van der Waals surface area contributed by atoms with Gasteiger partial charge in [0.1, 0.15) is 5.75 Å². The Bertz CT molecular complexity index is 938. The highest BCUT2D eigenvalue weighted by molar-refractivity contribution is 5.99. The molecule has 0 spiro atoms. The number of hydrogen-bond donors (Lipinski definition) is 1. The fourth-order valence-corrected chi connectivity index (χ4v) is 4.18. The Morgan fingerprint density at radius 3 is 2.69 bits per heavy atom. The standard InChI is InChI=1S/C22H25N3O4/c1-28-19-10-6-5-9-16(19)20(26)23-12-14-11-17-18(24-21(14)29-2)13-25(22(17)27)15-7-3-4-8-15/h5-6,9-11,15H,3-4,7-8,12-13H2,1-2H3,(H,23,26). The number of carbonyl (C=O) groups excluding carboxylic acids is 2. The predicted molar refractivity (Wildman–Crippen MR) is 107 cm³/mol. The summed E-state index contributed by atoms with van der Waals surface area (Å²) in [7, 11) is 3.08. The molecule has 1 saturated carbocycles. The smallest absolute Gasteiger partial charge is 0.256 e. The third kappa shape index (κ3) is 3.64. The van der Waals surface area contributed by atoms with Crippen molar-refractivity contribution in [2.45, 2.75) is 44.8 Å². The molecular weight excluding hydrogens is 370 g/mol. The molecule has 1 N–H and O–H groups in total. The van der Waals surface area contributed by atoms with Crippen LogP contribution >= 0.6 is 0 Å². The minimum Gasteiger partial charge on any atom is -0.496 e. The van der Waals surface area contributed by atoms with Gasteiger partial charge in [0.25, 0.3) is 11.8 Å². The lowest BCUT2D eigenvalue weighted by molar-refractivity contribution is 0.0706. The molecule has 0 bridgehead atoms. The summed E-state index contributed by atoms with van der Waals surface area (Å²) in [4.78, 5) is 32.0. The fraction of sp³-hybridized carbons (Fsp3) is 0.409. The van der Waals surface area contributed by atoms with E-state index in [0.29, 0.717) is 40.9 Å². The van der Waals surface area contributed by atoms with Gasteiger partial charge in [0.05, 0.1) is 37.6 Å². The first-order valence-electron chi connectivity index (χ1n) is 9.91. The molecule has 7 heteroatoms. The molecule has 2 aromatic rings. The van der Waals surface area contributed by atoms with Crippen LogP contribution in [0, 0.1) is 0 Å². The quantitative estimate of drug-likeness (QED) is 0.813. The number of aromatic nitrogens is 1. The maximum Gasteiger partial charge on any atom is 0.256 e. The summed E-state index contributed by atoms with van der Waals surface area (Å²) in [5.41, 5.74) is 2.49. The second-order valence-corrected chi connectivity index (χ2v) is 7.41. The SMILES string of the molecule is COc1ccccc1C(=O)NCc1cc2c(nc1OC)CN(C1CCCC1)C2=O. The predicted octanol–water partition coefficient (Wildman–Crippen LogP) is 2.93. The van der Waals surface area contributed by atoms with E-state index in [4.69, 9.17) is 9.47 Å². The molecule has 7 nitrogen and oxygen atoms in total. The maximum atomic E-state index is 12.9. The summed E-state index contributed by atoms with van der Waals surface area (Å²) in [5.74, 6) is 0.708. The molecule has 1 aliphatic heterocycles. The molecular formula is C22H25N3O4. The molecule has 4 rings (SSSR count). The molecule has 0 saturated heterocycles. The van der Waals surface area contributed by atoms with Crippen LogP contribution in [0.4, 0.5) is 0 Å². The normalized spacial score (nSPS) is 16.1. The zero-order chi connectivity index (χ0) is 20.4. The number of ether oxygens (including phenoxy) is 2. The van der Waals surface area contributed by atoms with Gasteiger partial charge in [0.15, 0.2) is 0 Å². The van der Waals surface area contributed by atoms with Gasteiger partial charge in [-0.15, -0.1) is 0 Å². The van der Waals surface area contributed by atoms with Gasteiger partial charge < -0.3 is 19.7 Å². The van der Waals surface area contributed by atoms with Crippen LogP contribution in [0.2, 0.25) is 0 Å². The van der Waals surface area contributed by atoms with E-state index in [2.05, 4.69) is 10.3 Å². The van der Waals surface area contributed by atoms with Gasteiger partial charge >= 0.3 is 0 Å². The summed E-state index contributed by atoms with van der Waals surface area (Å²) >= 11 is 0. The number of para-hydroxylation sites is 1. The highest BCUT2D eigenvalue weighted by Crippen LogP contribution is 2.33. The number of rotatable bonds is 6. The molecule has 0 unspecified atom stereocenters. The summed E-state index contributed by atoms with van der Waals surface area (Å²) in [6, 6.07) is 9.14. The van der Waals surface area contributed by atoms with E-state index in [1.807, 2.05) is 11.0 Å². The largest absolute Gasteiger partial charge is 0.496 e. The lowest BCUT2D eigenvalue weighted by Crippen LogP contribution is -2.33. The molecule has 0 atom stereocenters. The van der Waals surface area contributed by atoms with Gasteiger partial charge in [-0.25, -0.2) is 4.98 Å². The monoisotopic (exact) mass is 395 g/mol. The molecule has 0 radical (unpaired) electrons. The van der Waals surface area contributed by atoms with Crippen molar-refractivity contribution in [3.8, 4) is 11.6 Å². The molecule has 1 fully saturated rings. The van der Waals surface area contributed by atoms with Gasteiger partial charge in [-0.2, -0.15) is 0 Å². The Morgan fingerprint density at radius 1 is 1.21 bits per heavy atom. The Labute approximate surface area is 170 Å². The first kappa shape index (κ1) is 19.2. The van der Waals surface area contributed by atoms with E-state index in [1.165, 1.54) is 20.0 Å². The van der Waals surface area contributed by atoms with E-state index >= 15 is 0 Å². The molecule has 1 aliphatic carbocycles. The molecule has 2 heterocycles. The van der Waals surface area contributed by atoms with Crippen molar-refractivity contribution in [3.63, 3.8) is 0 Å². The van der Waals surface area contributed by atoms with Gasteiger partial charge in [-0.1, -0.05) is 25.0 Å². The van der Waals surface area contributed by atoms with Gasteiger partial charge in [0, 0.05) is 18.2 Å². The first-order valence-corrected chi connectivity index (χ1v) is 9.91. The third-order valence-electron chi connectivity index (χ3n) is 5.70. The van der Waals surface area contributed by atoms with Crippen LogP contribution in [0.25, 0.3) is 0 Å². The highest BCUT2D eigenvalue weighted by atomic mass is 16.5. The van der Waals surface area contributed by atoms with Crippen molar-refractivity contribution >= 4 is 11.8 Å². The molecule has 1 aromatic heterocycles. The van der Waals surface area contributed by atoms with Crippen LogP contribution < -0.4 is 14.8 Å². The van der Waals surface area contributed by atoms with Crippen LogP contribution in [0.5, 0.6) is 11.6 Å². The maximum absolute atomic E-state index is 12.9. The van der Waals surface area contributed by atoms with Crippen LogP contribution in [0.15, 0.2) is 30.3 Å². The minimum atomic E-state index is -0.260. The van der Waals surface area contributed by atoms with Crippen molar-refractivity contribution in [1.29, 1.82) is 0 Å². The number of methoxy groups -OCH3 is 2. The van der Waals surface area contributed by atoms with Gasteiger partial charge in [0.2, 0.25) is 5.88 Å². The molecule has 152 valence electrons. The number of hydrogen-bond acceptors (Lipinski definition) is 5. The Kier molecular flexibility index (Phi) is 5.38. The lowest BCUT2D eigenvalue weighted by Gasteiger charge is -2.22. The fourth-order valence-electron chi connectivity index (χ4n) is 4.18. The van der Waals surface area contributed by atoms with Gasteiger partial charge in [-0.3, -0.25) is 9.59 Å². The van der Waals surface area contributed by atoms with E-state index in [-0.39, 0.29) is 18.4 Å². The Morgan fingerprint density at radius 2 is 1.97 bits per heavy atom. The van der Waals surface area contributed by atoms with E-state index in [9.17, 15) is 9.59 Å². The van der Waals surface area contributed by atoms with Gasteiger partial charge in [-0.05, 0) is 31.0 Å². The second-order valence-electron chi connectivity index (χ2n) is 7.41. The van der Waals surface area contributed by atoms with Crippen molar-refractivity contribution < 1.29 is 19.1 Å². The average Bonchev–Trinajstić information content (AvgIpc) is 3.39. The Balaban J connectivity index is 1.53. The summed E-state index contributed by atoms with van der Waals surface area (Å²) in [5, 5.41) is 2.87. The molecule has 29 heavy (non-hydrogen) atoms. The van der Waals surface area contributed by atoms with Crippen LogP contribution in [-0.2, 0) is 13.1 Å². The molecule has 1 aromatic carbocycles. The van der Waals surface area contributed by atoms with E-state index in [1.54, 1.807) is 31.4 Å². The summed E-state index contributed by atoms with van der Waals surface area (Å²) in [6.45, 7) is 0.736. The zero-order valence-electron chi connectivity index (χ0n) is 16.7. The number of pyridine rings is 1. The number of amides is 2. The topological polar surface area (TPSA) is 80.8 Å². The summed E-state index contributed by atoms with van der Waals surface area (Å²) < 4.78 is 10.7. The Hall–Kier alpha value is -3.09. The van der Waals surface area contributed by atoms with Crippen LogP contribution in [-0.4, -0.2) is 42.0 Å². The average molecular weight is 395 g/mol. The van der Waals surface area contributed by atoms with Crippen LogP contribution in [0.1, 0.15) is 57.7 Å².